The summed E-state index contributed by atoms with van der Waals surface area (Å²) in [6, 6.07) is 0. The second-order valence-electron chi connectivity index (χ2n) is 5.35. The molecule has 2 rings (SSSR count). The molecule has 86 valence electrons. The highest BCUT2D eigenvalue weighted by Gasteiger charge is 2.41. The summed E-state index contributed by atoms with van der Waals surface area (Å²) < 4.78 is 0. The van der Waals surface area contributed by atoms with Gasteiger partial charge in [0.1, 0.15) is 0 Å². The molecule has 2 fully saturated rings. The van der Waals surface area contributed by atoms with E-state index in [2.05, 4.69) is 13.0 Å². The highest BCUT2D eigenvalue weighted by atomic mass is 16.2. The Hall–Kier alpha value is -0.300. The van der Waals surface area contributed by atoms with E-state index in [1.165, 1.54) is 38.5 Å². The van der Waals surface area contributed by atoms with Crippen LogP contribution in [0.2, 0.25) is 0 Å². The Morgan fingerprint density at radius 3 is 2.47 bits per heavy atom. The highest BCUT2D eigenvalue weighted by molar-refractivity contribution is 4.96. The molecular formula is C14H24O. The molecule has 15 heavy (non-hydrogen) atoms. The molecule has 0 spiro atoms. The first kappa shape index (κ1) is 11.2. The van der Waals surface area contributed by atoms with Crippen LogP contribution in [0.5, 0.6) is 0 Å². The Kier molecular flexibility index (Phi) is 3.85. The fraction of sp³-hybridized carbons (Fsp3) is 0.857. The molecule has 2 unspecified atom stereocenters. The second-order valence-corrected chi connectivity index (χ2v) is 5.35. The fourth-order valence-corrected chi connectivity index (χ4v) is 3.34. The summed E-state index contributed by atoms with van der Waals surface area (Å²) in [4.78, 5) is 0. The first-order valence-electron chi connectivity index (χ1n) is 6.62. The normalized spacial score (nSPS) is 40.9. The molecule has 0 saturated heterocycles. The standard InChI is InChI=1S/C14H24O/c1-2-12-10-14(12)13-7-5-11(6-8-13)4-3-9-15/h3-4,11-15H,2,5-10H2,1H3/b4-3+. The van der Waals surface area contributed by atoms with Gasteiger partial charge in [-0.3, -0.25) is 0 Å². The van der Waals surface area contributed by atoms with Crippen molar-refractivity contribution in [2.45, 2.75) is 45.4 Å². The molecule has 0 aromatic carbocycles. The number of rotatable bonds is 4. The number of aliphatic hydroxyl groups is 1. The molecule has 1 nitrogen and oxygen atoms in total. The molecule has 0 amide bonds. The third kappa shape index (κ3) is 2.84. The largest absolute Gasteiger partial charge is 0.392 e. The zero-order valence-corrected chi connectivity index (χ0v) is 9.86. The van der Waals surface area contributed by atoms with E-state index in [4.69, 9.17) is 5.11 Å². The van der Waals surface area contributed by atoms with E-state index in [-0.39, 0.29) is 6.61 Å². The average molecular weight is 208 g/mol. The summed E-state index contributed by atoms with van der Waals surface area (Å²) in [6.45, 7) is 2.54. The van der Waals surface area contributed by atoms with Gasteiger partial charge in [-0.1, -0.05) is 25.5 Å². The van der Waals surface area contributed by atoms with Crippen molar-refractivity contribution in [3.8, 4) is 0 Å². The summed E-state index contributed by atoms with van der Waals surface area (Å²) in [7, 11) is 0. The van der Waals surface area contributed by atoms with Crippen molar-refractivity contribution in [2.24, 2.45) is 23.7 Å². The SMILES string of the molecule is CCC1CC1C1CCC(/C=C/CO)CC1. The van der Waals surface area contributed by atoms with Crippen molar-refractivity contribution in [2.75, 3.05) is 6.61 Å². The molecule has 0 aliphatic heterocycles. The van der Waals surface area contributed by atoms with Crippen LogP contribution >= 0.6 is 0 Å². The molecule has 0 aromatic rings. The molecule has 2 saturated carbocycles. The van der Waals surface area contributed by atoms with Crippen molar-refractivity contribution in [3.05, 3.63) is 12.2 Å². The van der Waals surface area contributed by atoms with E-state index >= 15 is 0 Å². The van der Waals surface area contributed by atoms with Crippen LogP contribution in [0.15, 0.2) is 12.2 Å². The maximum Gasteiger partial charge on any atom is 0.0612 e. The molecule has 0 heterocycles. The predicted octanol–water partition coefficient (Wildman–Crippen LogP) is 3.39. The summed E-state index contributed by atoms with van der Waals surface area (Å²) >= 11 is 0. The second kappa shape index (κ2) is 5.16. The molecule has 2 aliphatic rings. The van der Waals surface area contributed by atoms with Crippen LogP contribution in [0, 0.1) is 23.7 Å². The van der Waals surface area contributed by atoms with Gasteiger partial charge in [0.15, 0.2) is 0 Å². The van der Waals surface area contributed by atoms with Crippen LogP contribution in [0.1, 0.15) is 45.4 Å². The smallest absolute Gasteiger partial charge is 0.0612 e. The summed E-state index contributed by atoms with van der Waals surface area (Å²) in [6.07, 6.45) is 12.6. The maximum absolute atomic E-state index is 8.73. The van der Waals surface area contributed by atoms with Crippen LogP contribution < -0.4 is 0 Å². The number of hydrogen-bond donors (Lipinski definition) is 1. The minimum absolute atomic E-state index is 0.209. The van der Waals surface area contributed by atoms with Crippen molar-refractivity contribution < 1.29 is 5.11 Å². The number of aliphatic hydroxyl groups excluding tert-OH is 1. The molecule has 2 aliphatic carbocycles. The van der Waals surface area contributed by atoms with Gasteiger partial charge >= 0.3 is 0 Å². The first-order valence-corrected chi connectivity index (χ1v) is 6.62. The van der Waals surface area contributed by atoms with E-state index in [0.29, 0.717) is 0 Å². The Morgan fingerprint density at radius 1 is 1.20 bits per heavy atom. The van der Waals surface area contributed by atoms with Gasteiger partial charge in [0.25, 0.3) is 0 Å². The van der Waals surface area contributed by atoms with Gasteiger partial charge < -0.3 is 5.11 Å². The van der Waals surface area contributed by atoms with E-state index in [9.17, 15) is 0 Å². The fourth-order valence-electron chi connectivity index (χ4n) is 3.34. The quantitative estimate of drug-likeness (QED) is 0.702. The van der Waals surface area contributed by atoms with Gasteiger partial charge in [0.05, 0.1) is 6.61 Å². The van der Waals surface area contributed by atoms with Crippen LogP contribution in [-0.2, 0) is 0 Å². The summed E-state index contributed by atoms with van der Waals surface area (Å²) in [5.41, 5.74) is 0. The predicted molar refractivity (Wildman–Crippen MR) is 63.6 cm³/mol. The van der Waals surface area contributed by atoms with Gasteiger partial charge in [-0.15, -0.1) is 0 Å². The minimum Gasteiger partial charge on any atom is -0.392 e. The number of allylic oxidation sites excluding steroid dienone is 1. The third-order valence-corrected chi connectivity index (χ3v) is 4.44. The Morgan fingerprint density at radius 2 is 1.93 bits per heavy atom. The lowest BCUT2D eigenvalue weighted by Gasteiger charge is -2.27. The van der Waals surface area contributed by atoms with Gasteiger partial charge in [-0.2, -0.15) is 0 Å². The molecule has 0 bridgehead atoms. The maximum atomic E-state index is 8.73. The van der Waals surface area contributed by atoms with Crippen LogP contribution in [0.25, 0.3) is 0 Å². The van der Waals surface area contributed by atoms with E-state index in [1.54, 1.807) is 0 Å². The molecule has 2 atom stereocenters. The van der Waals surface area contributed by atoms with Gasteiger partial charge in [0, 0.05) is 0 Å². The topological polar surface area (TPSA) is 20.2 Å². The molecule has 1 N–H and O–H groups in total. The van der Waals surface area contributed by atoms with Crippen molar-refractivity contribution >= 4 is 0 Å². The summed E-state index contributed by atoms with van der Waals surface area (Å²) in [5, 5.41) is 8.73. The Labute approximate surface area is 93.6 Å². The van der Waals surface area contributed by atoms with Crippen molar-refractivity contribution in [3.63, 3.8) is 0 Å². The lowest BCUT2D eigenvalue weighted by atomic mass is 9.79. The van der Waals surface area contributed by atoms with E-state index < -0.39 is 0 Å². The highest BCUT2D eigenvalue weighted by Crippen LogP contribution is 2.51. The Balaban J connectivity index is 1.71. The zero-order chi connectivity index (χ0) is 10.7. The van der Waals surface area contributed by atoms with Crippen LogP contribution in [-0.4, -0.2) is 11.7 Å². The monoisotopic (exact) mass is 208 g/mol. The van der Waals surface area contributed by atoms with Gasteiger partial charge in [0.2, 0.25) is 0 Å². The Bertz CT molecular complexity index is 213. The van der Waals surface area contributed by atoms with Crippen molar-refractivity contribution in [1.29, 1.82) is 0 Å². The molecule has 1 heteroatoms. The van der Waals surface area contributed by atoms with Crippen LogP contribution in [0.4, 0.5) is 0 Å². The third-order valence-electron chi connectivity index (χ3n) is 4.44. The zero-order valence-electron chi connectivity index (χ0n) is 9.86. The minimum atomic E-state index is 0.209. The van der Waals surface area contributed by atoms with Crippen molar-refractivity contribution in [1.82, 2.24) is 0 Å². The van der Waals surface area contributed by atoms with E-state index in [0.717, 1.165) is 23.7 Å². The van der Waals surface area contributed by atoms with Crippen LogP contribution in [0.3, 0.4) is 0 Å². The van der Waals surface area contributed by atoms with Gasteiger partial charge in [-0.25, -0.2) is 0 Å². The first-order chi connectivity index (χ1) is 7.35. The molecular weight excluding hydrogens is 184 g/mol. The lowest BCUT2D eigenvalue weighted by molar-refractivity contribution is 0.270. The van der Waals surface area contributed by atoms with E-state index in [1.807, 2.05) is 6.08 Å². The molecule has 0 radical (unpaired) electrons. The molecule has 0 aromatic heterocycles. The average Bonchev–Trinajstić information content (AvgIpc) is 3.06. The lowest BCUT2D eigenvalue weighted by Crippen LogP contribution is -2.15. The van der Waals surface area contributed by atoms with Gasteiger partial charge in [-0.05, 0) is 55.8 Å². The summed E-state index contributed by atoms with van der Waals surface area (Å²) in [5.74, 6) is 3.94. The number of hydrogen-bond acceptors (Lipinski definition) is 1.